The van der Waals surface area contributed by atoms with Crippen molar-refractivity contribution in [1.82, 2.24) is 0 Å². The molecule has 4 heterocycles. The lowest BCUT2D eigenvalue weighted by atomic mass is 9.82. The lowest BCUT2D eigenvalue weighted by molar-refractivity contribution is 0.578. The number of para-hydroxylation sites is 5. The summed E-state index contributed by atoms with van der Waals surface area (Å²) in [4.78, 5) is 4.57. The topological polar surface area (TPSA) is 59.0 Å². The highest BCUT2D eigenvalue weighted by Gasteiger charge is 2.29. The van der Waals surface area contributed by atoms with Gasteiger partial charge in [-0.25, -0.2) is 0 Å². The molecule has 1 unspecified atom stereocenters. The quantitative estimate of drug-likeness (QED) is 0.142. The van der Waals surface area contributed by atoms with E-state index in [2.05, 4.69) is 192 Å². The third kappa shape index (κ3) is 6.19. The second-order valence-electron chi connectivity index (χ2n) is 18.1. The monoisotopic (exact) mass is 890 g/mol. The van der Waals surface area contributed by atoms with Crippen LogP contribution in [0, 0.1) is 12.8 Å². The van der Waals surface area contributed by atoms with Crippen molar-refractivity contribution in [3.63, 3.8) is 0 Å². The van der Waals surface area contributed by atoms with Crippen LogP contribution in [0.3, 0.4) is 0 Å². The Labute approximate surface area is 396 Å². The van der Waals surface area contributed by atoms with Gasteiger partial charge in [-0.15, -0.1) is 0 Å². The Morgan fingerprint density at radius 2 is 1.22 bits per heavy atom. The zero-order chi connectivity index (χ0) is 45.7. The molecule has 14 rings (SSSR count). The fraction of sp³-hybridized carbons (Fsp3) is 0.0476. The third-order valence-corrected chi connectivity index (χ3v) is 14.0. The summed E-state index contributed by atoms with van der Waals surface area (Å²) in [6.07, 6.45) is 15.8. The first-order valence-electron chi connectivity index (χ1n) is 23.4. The Balaban J connectivity index is 0.841. The van der Waals surface area contributed by atoms with Crippen molar-refractivity contribution in [3.8, 4) is 0 Å². The number of nitrogens with zero attached hydrogens (tertiary/aromatic N) is 2. The fourth-order valence-electron chi connectivity index (χ4n) is 10.8. The maximum absolute atomic E-state index is 6.72. The minimum absolute atomic E-state index is 0.201. The van der Waals surface area contributed by atoms with Gasteiger partial charge in [-0.2, -0.15) is 0 Å². The van der Waals surface area contributed by atoms with Crippen LogP contribution < -0.4 is 9.80 Å². The Bertz CT molecular complexity index is 4210. The van der Waals surface area contributed by atoms with Crippen molar-refractivity contribution in [2.45, 2.75) is 13.3 Å². The first-order valence-corrected chi connectivity index (χ1v) is 23.4. The lowest BCUT2D eigenvalue weighted by Crippen LogP contribution is -2.20. The van der Waals surface area contributed by atoms with Gasteiger partial charge >= 0.3 is 0 Å². The molecule has 2 aliphatic rings. The molecule has 0 amide bonds. The van der Waals surface area contributed by atoms with E-state index in [4.69, 9.17) is 17.7 Å². The van der Waals surface area contributed by atoms with E-state index in [0.717, 1.165) is 134 Å². The molecule has 0 bridgehead atoms. The van der Waals surface area contributed by atoms with E-state index in [0.29, 0.717) is 0 Å². The number of furan rings is 4. The summed E-state index contributed by atoms with van der Waals surface area (Å²) >= 11 is 0. The van der Waals surface area contributed by atoms with Crippen molar-refractivity contribution in [3.05, 3.63) is 235 Å². The number of anilines is 5. The van der Waals surface area contributed by atoms with Gasteiger partial charge < -0.3 is 27.5 Å². The molecule has 0 saturated heterocycles. The summed E-state index contributed by atoms with van der Waals surface area (Å²) in [5.41, 5.74) is 14.6. The number of aryl methyl sites for hydroxylation is 1. The van der Waals surface area contributed by atoms with Gasteiger partial charge in [0, 0.05) is 78.2 Å². The second kappa shape index (κ2) is 15.3. The minimum Gasteiger partial charge on any atom is -0.459 e. The van der Waals surface area contributed by atoms with E-state index in [1.165, 1.54) is 11.1 Å². The van der Waals surface area contributed by atoms with Crippen molar-refractivity contribution in [1.29, 1.82) is 0 Å². The summed E-state index contributed by atoms with van der Waals surface area (Å²) in [5.74, 6) is 1.96. The van der Waals surface area contributed by atoms with Gasteiger partial charge in [0.1, 0.15) is 33.9 Å². The van der Waals surface area contributed by atoms with E-state index >= 15 is 0 Å². The average Bonchev–Trinajstić information content (AvgIpc) is 4.13. The molecule has 69 heavy (non-hydrogen) atoms. The maximum Gasteiger partial charge on any atom is 0.159 e. The number of fused-ring (bicyclic) bond motifs is 12. The first kappa shape index (κ1) is 39.2. The van der Waals surface area contributed by atoms with Crippen molar-refractivity contribution >= 4 is 117 Å². The van der Waals surface area contributed by atoms with Crippen LogP contribution in [0.1, 0.15) is 22.6 Å². The largest absolute Gasteiger partial charge is 0.459 e. The minimum atomic E-state index is 0.201. The highest BCUT2D eigenvalue weighted by molar-refractivity contribution is 6.14. The molecule has 328 valence electrons. The highest BCUT2D eigenvalue weighted by atomic mass is 16.3. The second-order valence-corrected chi connectivity index (χ2v) is 18.1. The van der Waals surface area contributed by atoms with E-state index in [1.807, 2.05) is 31.2 Å². The van der Waals surface area contributed by atoms with Crippen LogP contribution in [-0.2, 0) is 6.42 Å². The molecule has 0 saturated carbocycles. The molecule has 1 atom stereocenters. The Morgan fingerprint density at radius 1 is 0.522 bits per heavy atom. The highest BCUT2D eigenvalue weighted by Crippen LogP contribution is 2.47. The summed E-state index contributed by atoms with van der Waals surface area (Å²) in [5, 5.41) is 8.75. The molecular formula is C63H42N2O4. The van der Waals surface area contributed by atoms with Crippen LogP contribution in [0.2, 0.25) is 0 Å². The summed E-state index contributed by atoms with van der Waals surface area (Å²) in [6, 6.07) is 57.4. The van der Waals surface area contributed by atoms with Crippen molar-refractivity contribution in [2.24, 2.45) is 5.92 Å². The SMILES string of the molecule is C=C/C=C\c1c(C)oc2c(N(c3ccccc3)c3ccc4cc5c(cc4c3)oc3cc4oc6c(c4cc35)CC3C=CC(N(c4ccccc4)c4cccc5c4oc4ccccc45)=CC3=C6)cccc12. The molecule has 0 spiro atoms. The number of rotatable bonds is 8. The van der Waals surface area contributed by atoms with Gasteiger partial charge in [-0.3, -0.25) is 0 Å². The zero-order valence-corrected chi connectivity index (χ0v) is 37.6. The Kier molecular flexibility index (Phi) is 8.67. The number of allylic oxidation sites excluding steroid dienone is 6. The van der Waals surface area contributed by atoms with Gasteiger partial charge in [0.05, 0.1) is 11.4 Å². The average molecular weight is 891 g/mol. The van der Waals surface area contributed by atoms with Gasteiger partial charge in [0.2, 0.25) is 0 Å². The number of hydrogen-bond donors (Lipinski definition) is 0. The number of benzene rings is 8. The smallest absolute Gasteiger partial charge is 0.159 e. The van der Waals surface area contributed by atoms with Crippen molar-refractivity contribution < 1.29 is 17.7 Å². The fourth-order valence-corrected chi connectivity index (χ4v) is 10.8. The molecule has 0 aliphatic heterocycles. The Hall–Kier alpha value is -9.00. The van der Waals surface area contributed by atoms with Crippen LogP contribution >= 0.6 is 0 Å². The Morgan fingerprint density at radius 3 is 2.04 bits per heavy atom. The van der Waals surface area contributed by atoms with Crippen LogP contribution in [0.15, 0.2) is 230 Å². The molecule has 0 fully saturated rings. The van der Waals surface area contributed by atoms with Crippen LogP contribution in [0.5, 0.6) is 0 Å². The number of hydrogen-bond acceptors (Lipinski definition) is 6. The molecule has 0 radical (unpaired) electrons. The standard InChI is InChI=1S/C63H42N2O4/c1-3-4-19-47-38(2)66-62-49(47)21-13-23-55(62)64(43-15-7-5-8-16-43)45-28-26-39-32-51-53-36-54-52-33-40-27-29-46(31-42(40)35-59(52)68-61(54)37-60(53)67-58(51)34-41(39)30-45)65(44-17-9-6-10-18-44)56-24-14-22-50-48-20-11-12-25-57(48)69-63(50)56/h3-32,34-37,40H,1,33H2,2H3/b19-4-. The molecular weight excluding hydrogens is 849 g/mol. The first-order chi connectivity index (χ1) is 34.0. The molecule has 6 heteroatoms. The molecule has 2 aliphatic carbocycles. The third-order valence-electron chi connectivity index (χ3n) is 14.0. The molecule has 4 aromatic heterocycles. The zero-order valence-electron chi connectivity index (χ0n) is 37.6. The van der Waals surface area contributed by atoms with E-state index in [-0.39, 0.29) is 5.92 Å². The molecule has 8 aromatic carbocycles. The van der Waals surface area contributed by atoms with E-state index in [9.17, 15) is 0 Å². The lowest BCUT2D eigenvalue weighted by Gasteiger charge is -2.30. The molecule has 6 nitrogen and oxygen atoms in total. The predicted octanol–water partition coefficient (Wildman–Crippen LogP) is 18.0. The summed E-state index contributed by atoms with van der Waals surface area (Å²) in [7, 11) is 0. The van der Waals surface area contributed by atoms with Gasteiger partial charge in [0.15, 0.2) is 11.2 Å². The van der Waals surface area contributed by atoms with Crippen molar-refractivity contribution in [2.75, 3.05) is 9.80 Å². The van der Waals surface area contributed by atoms with Crippen LogP contribution in [0.4, 0.5) is 28.4 Å². The van der Waals surface area contributed by atoms with E-state index in [1.54, 1.807) is 6.08 Å². The molecule has 12 aromatic rings. The van der Waals surface area contributed by atoms with Gasteiger partial charge in [-0.1, -0.05) is 116 Å². The van der Waals surface area contributed by atoms with Crippen LogP contribution in [0.25, 0.3) is 88.7 Å². The van der Waals surface area contributed by atoms with Gasteiger partial charge in [0.25, 0.3) is 0 Å². The predicted molar refractivity (Wildman–Crippen MR) is 284 cm³/mol. The normalized spacial score (nSPS) is 14.7. The van der Waals surface area contributed by atoms with E-state index < -0.39 is 0 Å². The summed E-state index contributed by atoms with van der Waals surface area (Å²) in [6.45, 7) is 5.89. The summed E-state index contributed by atoms with van der Waals surface area (Å²) < 4.78 is 26.5. The van der Waals surface area contributed by atoms with Gasteiger partial charge in [-0.05, 0) is 121 Å². The maximum atomic E-state index is 6.72. The molecule has 0 N–H and O–H groups in total. The van der Waals surface area contributed by atoms with Crippen LogP contribution in [-0.4, -0.2) is 0 Å².